The molecule has 2 unspecified atom stereocenters. The molecule has 1 amide bonds. The van der Waals surface area contributed by atoms with Crippen molar-refractivity contribution in [2.24, 2.45) is 11.8 Å². The van der Waals surface area contributed by atoms with Crippen molar-refractivity contribution in [1.29, 1.82) is 0 Å². The SMILES string of the molecule is CCCCC(C)CCCCC(C)CCCCCCC(=O)NCCOCCO. The summed E-state index contributed by atoms with van der Waals surface area (Å²) in [5, 5.41) is 11.4. The Morgan fingerprint density at radius 2 is 1.41 bits per heavy atom. The molecule has 0 radical (unpaired) electrons. The molecule has 0 spiro atoms. The van der Waals surface area contributed by atoms with Crippen LogP contribution in [0.5, 0.6) is 0 Å². The summed E-state index contributed by atoms with van der Waals surface area (Å²) >= 11 is 0. The first-order valence-electron chi connectivity index (χ1n) is 11.5. The highest BCUT2D eigenvalue weighted by atomic mass is 16.5. The van der Waals surface area contributed by atoms with Gasteiger partial charge in [-0.25, -0.2) is 0 Å². The molecule has 4 heteroatoms. The van der Waals surface area contributed by atoms with Crippen molar-refractivity contribution in [2.75, 3.05) is 26.4 Å². The Balaban J connectivity index is 3.35. The van der Waals surface area contributed by atoms with Gasteiger partial charge in [-0.15, -0.1) is 0 Å². The molecule has 0 aliphatic rings. The Morgan fingerprint density at radius 3 is 2.00 bits per heavy atom. The number of nitrogens with one attached hydrogen (secondary N) is 1. The zero-order valence-electron chi connectivity index (χ0n) is 18.4. The molecule has 0 saturated carbocycles. The molecule has 0 aliphatic heterocycles. The highest BCUT2D eigenvalue weighted by Gasteiger charge is 2.05. The predicted molar refractivity (Wildman–Crippen MR) is 115 cm³/mol. The topological polar surface area (TPSA) is 58.6 Å². The first-order valence-corrected chi connectivity index (χ1v) is 11.5. The van der Waals surface area contributed by atoms with E-state index in [4.69, 9.17) is 9.84 Å². The number of rotatable bonds is 20. The van der Waals surface area contributed by atoms with Crippen molar-refractivity contribution < 1.29 is 14.6 Å². The fraction of sp³-hybridized carbons (Fsp3) is 0.957. The maximum atomic E-state index is 11.7. The van der Waals surface area contributed by atoms with Gasteiger partial charge in [-0.2, -0.15) is 0 Å². The molecule has 2 atom stereocenters. The van der Waals surface area contributed by atoms with Gasteiger partial charge in [-0.05, 0) is 18.3 Å². The number of unbranched alkanes of at least 4 members (excludes halogenated alkanes) is 5. The van der Waals surface area contributed by atoms with E-state index in [1.54, 1.807) is 0 Å². The number of aliphatic hydroxyl groups is 1. The Hall–Kier alpha value is -0.610. The fourth-order valence-corrected chi connectivity index (χ4v) is 3.48. The minimum absolute atomic E-state index is 0.0326. The van der Waals surface area contributed by atoms with Crippen LogP contribution in [0.1, 0.15) is 104 Å². The number of aliphatic hydroxyl groups excluding tert-OH is 1. The molecule has 0 aromatic carbocycles. The van der Waals surface area contributed by atoms with E-state index in [-0.39, 0.29) is 12.5 Å². The molecule has 0 saturated heterocycles. The maximum absolute atomic E-state index is 11.7. The van der Waals surface area contributed by atoms with Crippen LogP contribution in [0.15, 0.2) is 0 Å². The van der Waals surface area contributed by atoms with Gasteiger partial charge in [-0.3, -0.25) is 4.79 Å². The second-order valence-corrected chi connectivity index (χ2v) is 8.28. The number of carbonyl (C=O) groups excluding carboxylic acids is 1. The quantitative estimate of drug-likeness (QED) is 0.273. The van der Waals surface area contributed by atoms with E-state index in [9.17, 15) is 4.79 Å². The first-order chi connectivity index (χ1) is 13.1. The largest absolute Gasteiger partial charge is 0.394 e. The van der Waals surface area contributed by atoms with Crippen molar-refractivity contribution in [2.45, 2.75) is 104 Å². The highest BCUT2D eigenvalue weighted by Crippen LogP contribution is 2.20. The molecule has 162 valence electrons. The lowest BCUT2D eigenvalue weighted by molar-refractivity contribution is -0.121. The lowest BCUT2D eigenvalue weighted by Crippen LogP contribution is -2.27. The van der Waals surface area contributed by atoms with Gasteiger partial charge >= 0.3 is 0 Å². The third kappa shape index (κ3) is 19.9. The van der Waals surface area contributed by atoms with Gasteiger partial charge in [0.05, 0.1) is 19.8 Å². The second kappa shape index (κ2) is 20.1. The summed E-state index contributed by atoms with van der Waals surface area (Å²) in [6.45, 7) is 8.46. The standard InChI is InChI=1S/C23H47NO3/c1-4-5-12-21(2)14-10-11-15-22(3)13-8-6-7-9-16-23(26)24-17-19-27-20-18-25/h21-22,25H,4-20H2,1-3H3,(H,24,26). The summed E-state index contributed by atoms with van der Waals surface area (Å²) in [7, 11) is 0. The number of amides is 1. The molecule has 27 heavy (non-hydrogen) atoms. The summed E-state index contributed by atoms with van der Waals surface area (Å²) in [5.41, 5.74) is 0. The maximum Gasteiger partial charge on any atom is 0.220 e. The first kappa shape index (κ1) is 26.4. The van der Waals surface area contributed by atoms with E-state index in [0.29, 0.717) is 26.2 Å². The smallest absolute Gasteiger partial charge is 0.220 e. The molecule has 0 aromatic heterocycles. The van der Waals surface area contributed by atoms with Crippen LogP contribution in [-0.2, 0) is 9.53 Å². The van der Waals surface area contributed by atoms with E-state index < -0.39 is 0 Å². The zero-order valence-corrected chi connectivity index (χ0v) is 18.4. The van der Waals surface area contributed by atoms with Gasteiger partial charge in [0.15, 0.2) is 0 Å². The van der Waals surface area contributed by atoms with Crippen LogP contribution < -0.4 is 5.32 Å². The van der Waals surface area contributed by atoms with Crippen LogP contribution in [0, 0.1) is 11.8 Å². The molecule has 0 aliphatic carbocycles. The highest BCUT2D eigenvalue weighted by molar-refractivity contribution is 5.75. The monoisotopic (exact) mass is 385 g/mol. The summed E-state index contributed by atoms with van der Waals surface area (Å²) in [4.78, 5) is 11.7. The van der Waals surface area contributed by atoms with Crippen molar-refractivity contribution in [1.82, 2.24) is 5.32 Å². The van der Waals surface area contributed by atoms with Crippen LogP contribution in [0.4, 0.5) is 0 Å². The Kier molecular flexibility index (Phi) is 19.7. The lowest BCUT2D eigenvalue weighted by atomic mass is 9.93. The van der Waals surface area contributed by atoms with Gasteiger partial charge in [0.2, 0.25) is 5.91 Å². The Bertz CT molecular complexity index is 323. The molecule has 0 fully saturated rings. The van der Waals surface area contributed by atoms with Crippen molar-refractivity contribution in [3.05, 3.63) is 0 Å². The van der Waals surface area contributed by atoms with Gasteiger partial charge < -0.3 is 15.2 Å². The predicted octanol–water partition coefficient (Wildman–Crippen LogP) is 5.47. The molecule has 0 bridgehead atoms. The minimum Gasteiger partial charge on any atom is -0.394 e. The molecule has 4 nitrogen and oxygen atoms in total. The Labute approximate surface area is 168 Å². The van der Waals surface area contributed by atoms with E-state index in [1.807, 2.05) is 0 Å². The summed E-state index contributed by atoms with van der Waals surface area (Å²) < 4.78 is 5.11. The Morgan fingerprint density at radius 1 is 0.852 bits per heavy atom. The fourth-order valence-electron chi connectivity index (χ4n) is 3.48. The molecule has 0 heterocycles. The lowest BCUT2D eigenvalue weighted by Gasteiger charge is -2.13. The van der Waals surface area contributed by atoms with Crippen molar-refractivity contribution >= 4 is 5.91 Å². The second-order valence-electron chi connectivity index (χ2n) is 8.28. The van der Waals surface area contributed by atoms with E-state index in [2.05, 4.69) is 26.1 Å². The van der Waals surface area contributed by atoms with Gasteiger partial charge in [0.25, 0.3) is 0 Å². The third-order valence-corrected chi connectivity index (χ3v) is 5.35. The molecular weight excluding hydrogens is 338 g/mol. The van der Waals surface area contributed by atoms with Gasteiger partial charge in [-0.1, -0.05) is 91.4 Å². The van der Waals surface area contributed by atoms with Crippen molar-refractivity contribution in [3.63, 3.8) is 0 Å². The number of ether oxygens (including phenoxy) is 1. The van der Waals surface area contributed by atoms with Crippen LogP contribution in [-0.4, -0.2) is 37.4 Å². The summed E-state index contributed by atoms with van der Waals surface area (Å²) in [6, 6.07) is 0. The van der Waals surface area contributed by atoms with E-state index >= 15 is 0 Å². The van der Waals surface area contributed by atoms with Crippen LogP contribution in [0.2, 0.25) is 0 Å². The summed E-state index contributed by atoms with van der Waals surface area (Å²) in [6.07, 6.45) is 16.3. The molecule has 0 rings (SSSR count). The molecule has 2 N–H and O–H groups in total. The van der Waals surface area contributed by atoms with Crippen molar-refractivity contribution in [3.8, 4) is 0 Å². The summed E-state index contributed by atoms with van der Waals surface area (Å²) in [5.74, 6) is 1.87. The normalized spacial score (nSPS) is 13.5. The average Bonchev–Trinajstić information content (AvgIpc) is 2.66. The average molecular weight is 386 g/mol. The van der Waals surface area contributed by atoms with Crippen LogP contribution in [0.3, 0.4) is 0 Å². The van der Waals surface area contributed by atoms with E-state index in [0.717, 1.165) is 24.7 Å². The molecule has 0 aromatic rings. The number of hydrogen-bond donors (Lipinski definition) is 2. The minimum atomic E-state index is 0.0326. The number of carbonyl (C=O) groups is 1. The van der Waals surface area contributed by atoms with Crippen LogP contribution >= 0.6 is 0 Å². The van der Waals surface area contributed by atoms with Gasteiger partial charge in [0.1, 0.15) is 0 Å². The van der Waals surface area contributed by atoms with E-state index in [1.165, 1.54) is 64.2 Å². The molecular formula is C23H47NO3. The van der Waals surface area contributed by atoms with Gasteiger partial charge in [0, 0.05) is 13.0 Å². The zero-order chi connectivity index (χ0) is 20.2. The third-order valence-electron chi connectivity index (χ3n) is 5.35. The number of hydrogen-bond acceptors (Lipinski definition) is 3. The van der Waals surface area contributed by atoms with Crippen LogP contribution in [0.25, 0.3) is 0 Å².